The minimum absolute atomic E-state index is 0. The van der Waals surface area contributed by atoms with Crippen molar-refractivity contribution in [2.24, 2.45) is 0 Å². The van der Waals surface area contributed by atoms with Crippen molar-refractivity contribution in [1.29, 1.82) is 0 Å². The van der Waals surface area contributed by atoms with Crippen LogP contribution in [0.5, 0.6) is 0 Å². The second-order valence-corrected chi connectivity index (χ2v) is 0. The average molecular weight is 356 g/mol. The Bertz CT molecular complexity index is 13.0. The second-order valence-electron chi connectivity index (χ2n) is 0. The van der Waals surface area contributed by atoms with E-state index in [0.717, 1.165) is 0 Å². The van der Waals surface area contributed by atoms with Crippen LogP contribution in [0.1, 0.15) is 0 Å². The van der Waals surface area contributed by atoms with E-state index in [9.17, 15) is 0 Å². The fourth-order valence-electron chi connectivity index (χ4n) is 0. The quantitative estimate of drug-likeness (QED) is 0.446. The van der Waals surface area contributed by atoms with E-state index in [0.29, 0.717) is 0 Å². The van der Waals surface area contributed by atoms with Crippen LogP contribution in [-0.4, -0.2) is 22.8 Å². The van der Waals surface area contributed by atoms with Crippen LogP contribution in [0.2, 0.25) is 0 Å². The molecule has 0 saturated heterocycles. The standard InChI is InChI=1S/Al.Ce.H2O.5O.Zr/h;;1H2;;;;;;/q2*+3;;5*-2;+4. The third-order valence-corrected chi connectivity index (χ3v) is 0. The monoisotopic (exact) mass is 355 g/mol. The Labute approximate surface area is 116 Å². The zero-order chi connectivity index (χ0) is 0. The van der Waals surface area contributed by atoms with Gasteiger partial charge >= 0.3 is 85.3 Å². The maximum Gasteiger partial charge on any atom is 4.00 e. The molecule has 0 amide bonds. The molecule has 0 rings (SSSR count). The van der Waals surface area contributed by atoms with E-state index < -0.39 is 0 Å². The summed E-state index contributed by atoms with van der Waals surface area (Å²) in [7, 11) is 0. The summed E-state index contributed by atoms with van der Waals surface area (Å²) < 4.78 is 0. The molecule has 0 aromatic rings. The van der Waals surface area contributed by atoms with Crippen LogP contribution in [0.15, 0.2) is 0 Å². The molecule has 2 N–H and O–H groups in total. The van der Waals surface area contributed by atoms with Gasteiger partial charge < -0.3 is 32.9 Å². The van der Waals surface area contributed by atoms with Crippen LogP contribution in [-0.2, 0) is 53.6 Å². The first-order valence-electron chi connectivity index (χ1n) is 0. The number of hydrogen-bond acceptors (Lipinski definition) is 0. The average Bonchev–Trinajstić information content (AvgIpc) is 0. The Balaban J connectivity index is 0. The van der Waals surface area contributed by atoms with Gasteiger partial charge in [0, 0.05) is 0 Å². The van der Waals surface area contributed by atoms with Gasteiger partial charge in [-0.3, -0.25) is 0 Å². The Morgan fingerprint density at radius 1 is 0.556 bits per heavy atom. The molecule has 0 saturated carbocycles. The molecule has 0 aromatic heterocycles. The molecule has 0 aliphatic rings. The van der Waals surface area contributed by atoms with Gasteiger partial charge in [0.1, 0.15) is 0 Å². The summed E-state index contributed by atoms with van der Waals surface area (Å²) in [4.78, 5) is 0. The summed E-state index contributed by atoms with van der Waals surface area (Å²) in [6.45, 7) is 0. The normalized spacial score (nSPS) is 0. The minimum Gasteiger partial charge on any atom is -2.00 e. The Morgan fingerprint density at radius 3 is 0.556 bits per heavy atom. The molecule has 0 bridgehead atoms. The van der Waals surface area contributed by atoms with E-state index in [1.807, 2.05) is 0 Å². The van der Waals surface area contributed by atoms with Crippen molar-refractivity contribution in [2.75, 3.05) is 0 Å². The van der Waals surface area contributed by atoms with Crippen molar-refractivity contribution in [1.82, 2.24) is 0 Å². The first-order chi connectivity index (χ1) is 0. The molecule has 9 heteroatoms. The van der Waals surface area contributed by atoms with Gasteiger partial charge in [-0.25, -0.2) is 0 Å². The SMILES string of the molecule is O.[Al+3].[Ce+3].[O-2].[O-2].[O-2].[O-2].[O-2].[Zr+4]. The molecule has 49 valence electrons. The van der Waals surface area contributed by atoms with Crippen molar-refractivity contribution in [3.63, 3.8) is 0 Å². The van der Waals surface area contributed by atoms with Crippen molar-refractivity contribution in [3.05, 3.63) is 0 Å². The van der Waals surface area contributed by atoms with Crippen LogP contribution in [0, 0.1) is 41.7 Å². The van der Waals surface area contributed by atoms with Gasteiger partial charge in [-0.1, -0.05) is 0 Å². The molecule has 0 aliphatic heterocycles. The molecule has 9 heavy (non-hydrogen) atoms. The van der Waals surface area contributed by atoms with E-state index in [2.05, 4.69) is 0 Å². The first kappa shape index (κ1) is 197. The zero-order valence-electron chi connectivity index (χ0n) is 4.12. The van der Waals surface area contributed by atoms with Crippen LogP contribution >= 0.6 is 0 Å². The summed E-state index contributed by atoms with van der Waals surface area (Å²) in [5.74, 6) is 0. The van der Waals surface area contributed by atoms with E-state index in [1.165, 1.54) is 0 Å². The molecule has 6 nitrogen and oxygen atoms in total. The Morgan fingerprint density at radius 2 is 0.556 bits per heavy atom. The molecule has 1 radical (unpaired) electrons. The first-order valence-corrected chi connectivity index (χ1v) is 0. The van der Waals surface area contributed by atoms with Crippen molar-refractivity contribution < 1.29 is 101 Å². The molecule has 0 fully saturated rings. The summed E-state index contributed by atoms with van der Waals surface area (Å²) >= 11 is 0. The smallest absolute Gasteiger partial charge is 2.00 e. The predicted molar refractivity (Wildman–Crippen MR) is 12.8 cm³/mol. The molecule has 0 unspecified atom stereocenters. The minimum atomic E-state index is 0. The van der Waals surface area contributed by atoms with Gasteiger partial charge in [-0.2, -0.15) is 0 Å². The number of rotatable bonds is 0. The van der Waals surface area contributed by atoms with E-state index >= 15 is 0 Å². The van der Waals surface area contributed by atoms with Crippen LogP contribution in [0.4, 0.5) is 0 Å². The molecular weight excluding hydrogens is 354 g/mol. The molecule has 0 aliphatic carbocycles. The third-order valence-electron chi connectivity index (χ3n) is 0. The van der Waals surface area contributed by atoms with Crippen molar-refractivity contribution >= 4 is 17.4 Å². The third kappa shape index (κ3) is 118. The zero-order valence-corrected chi connectivity index (χ0v) is 10.9. The van der Waals surface area contributed by atoms with Gasteiger partial charge in [-0.15, -0.1) is 0 Å². The van der Waals surface area contributed by atoms with E-state index in [-0.39, 0.29) is 118 Å². The van der Waals surface area contributed by atoms with Crippen LogP contribution < -0.4 is 0 Å². The molecular formula is H2AlCeO6Zr. The Kier molecular flexibility index (Phi) is 3240. The largest absolute Gasteiger partial charge is 4.00 e. The molecule has 0 heterocycles. The summed E-state index contributed by atoms with van der Waals surface area (Å²) in [5.41, 5.74) is 0. The van der Waals surface area contributed by atoms with Gasteiger partial charge in [-0.05, 0) is 0 Å². The topological polar surface area (TPSA) is 174 Å². The van der Waals surface area contributed by atoms with Crippen LogP contribution in [0.3, 0.4) is 0 Å². The molecule has 0 spiro atoms. The fourth-order valence-corrected chi connectivity index (χ4v) is 0. The summed E-state index contributed by atoms with van der Waals surface area (Å²) in [6, 6.07) is 0. The second kappa shape index (κ2) is 148. The van der Waals surface area contributed by atoms with Crippen molar-refractivity contribution in [3.8, 4) is 0 Å². The van der Waals surface area contributed by atoms with Gasteiger partial charge in [0.15, 0.2) is 0 Å². The van der Waals surface area contributed by atoms with E-state index in [4.69, 9.17) is 0 Å². The maximum absolute atomic E-state index is 0. The van der Waals surface area contributed by atoms with Gasteiger partial charge in [0.05, 0.1) is 0 Å². The van der Waals surface area contributed by atoms with Gasteiger partial charge in [0.2, 0.25) is 0 Å². The van der Waals surface area contributed by atoms with Crippen LogP contribution in [0.25, 0.3) is 0 Å². The fraction of sp³-hybridized carbons (Fsp3) is 0. The molecule has 0 aromatic carbocycles. The Hall–Kier alpha value is 2.55. The molecule has 0 atom stereocenters. The van der Waals surface area contributed by atoms with E-state index in [1.54, 1.807) is 0 Å². The summed E-state index contributed by atoms with van der Waals surface area (Å²) in [5, 5.41) is 0. The van der Waals surface area contributed by atoms with Crippen molar-refractivity contribution in [2.45, 2.75) is 0 Å². The number of hydrogen-bond donors (Lipinski definition) is 0. The summed E-state index contributed by atoms with van der Waals surface area (Å²) in [6.07, 6.45) is 0. The predicted octanol–water partition coefficient (Wildman–Crippen LogP) is -1.80. The maximum atomic E-state index is 0. The van der Waals surface area contributed by atoms with Gasteiger partial charge in [0.25, 0.3) is 0 Å².